The van der Waals surface area contributed by atoms with Crippen LogP contribution in [0.5, 0.6) is 11.5 Å². The van der Waals surface area contributed by atoms with E-state index in [1.54, 1.807) is 13.2 Å². The molecule has 0 aromatic heterocycles. The summed E-state index contributed by atoms with van der Waals surface area (Å²) >= 11 is 0. The van der Waals surface area contributed by atoms with Gasteiger partial charge in [0.1, 0.15) is 13.2 Å². The van der Waals surface area contributed by atoms with Crippen LogP contribution in [0.4, 0.5) is 0 Å². The Balaban J connectivity index is 0.00000208. The van der Waals surface area contributed by atoms with Crippen LogP contribution in [0.25, 0.3) is 0 Å². The molecule has 134 valence electrons. The number of carbonyl (C=O) groups excluding carboxylic acids is 1. The lowest BCUT2D eigenvalue weighted by molar-refractivity contribution is 0.0510. The molecule has 1 saturated heterocycles. The average molecular weight is 357 g/mol. The molecule has 2 heterocycles. The average Bonchev–Trinajstić information content (AvgIpc) is 2.60. The molecule has 3 rings (SSSR count). The predicted molar refractivity (Wildman–Crippen MR) is 93.4 cm³/mol. The standard InChI is InChI=1S/C17H24N2O4.ClH/c1-21-12-17(5-7-18-8-6-17)11-19-16(20)13-3-2-4-14-15(13)23-10-9-22-14;/h2-4,18H,5-12H2,1H3,(H,19,20);1H. The van der Waals surface area contributed by atoms with Gasteiger partial charge in [0, 0.05) is 19.1 Å². The Hall–Kier alpha value is -1.50. The van der Waals surface area contributed by atoms with Gasteiger partial charge in [-0.05, 0) is 38.1 Å². The number of amides is 1. The summed E-state index contributed by atoms with van der Waals surface area (Å²) in [5.74, 6) is 1.06. The smallest absolute Gasteiger partial charge is 0.255 e. The SMILES string of the molecule is COCC1(CNC(=O)c2cccc3c2OCCO3)CCNCC1.Cl. The van der Waals surface area contributed by atoms with Crippen LogP contribution in [0.15, 0.2) is 18.2 Å². The molecule has 1 aromatic carbocycles. The molecule has 1 amide bonds. The maximum Gasteiger partial charge on any atom is 0.255 e. The monoisotopic (exact) mass is 356 g/mol. The van der Waals surface area contributed by atoms with Crippen molar-refractivity contribution in [1.82, 2.24) is 10.6 Å². The van der Waals surface area contributed by atoms with Gasteiger partial charge < -0.3 is 24.8 Å². The van der Waals surface area contributed by atoms with Crippen molar-refractivity contribution in [3.8, 4) is 11.5 Å². The van der Waals surface area contributed by atoms with Crippen molar-refractivity contribution in [2.45, 2.75) is 12.8 Å². The highest BCUT2D eigenvalue weighted by Crippen LogP contribution is 2.34. The number of benzene rings is 1. The van der Waals surface area contributed by atoms with Gasteiger partial charge in [-0.15, -0.1) is 12.4 Å². The second-order valence-electron chi connectivity index (χ2n) is 6.20. The van der Waals surface area contributed by atoms with E-state index in [1.807, 2.05) is 12.1 Å². The molecule has 0 bridgehead atoms. The number of hydrogen-bond donors (Lipinski definition) is 2. The van der Waals surface area contributed by atoms with Gasteiger partial charge in [-0.2, -0.15) is 0 Å². The first-order valence-corrected chi connectivity index (χ1v) is 8.11. The van der Waals surface area contributed by atoms with E-state index in [2.05, 4.69) is 10.6 Å². The van der Waals surface area contributed by atoms with E-state index in [1.165, 1.54) is 0 Å². The number of hydrogen-bond acceptors (Lipinski definition) is 5. The third-order valence-corrected chi connectivity index (χ3v) is 4.55. The molecule has 0 saturated carbocycles. The maximum atomic E-state index is 12.6. The summed E-state index contributed by atoms with van der Waals surface area (Å²) in [5.41, 5.74) is 0.533. The van der Waals surface area contributed by atoms with Gasteiger partial charge in [-0.1, -0.05) is 6.07 Å². The number of methoxy groups -OCH3 is 1. The number of ether oxygens (including phenoxy) is 3. The Morgan fingerprint density at radius 2 is 2.04 bits per heavy atom. The van der Waals surface area contributed by atoms with Gasteiger partial charge >= 0.3 is 0 Å². The third-order valence-electron chi connectivity index (χ3n) is 4.55. The molecule has 0 unspecified atom stereocenters. The van der Waals surface area contributed by atoms with Crippen molar-refractivity contribution in [3.63, 3.8) is 0 Å². The molecule has 0 spiro atoms. The van der Waals surface area contributed by atoms with Crippen molar-refractivity contribution < 1.29 is 19.0 Å². The van der Waals surface area contributed by atoms with Gasteiger partial charge in [0.25, 0.3) is 5.91 Å². The summed E-state index contributed by atoms with van der Waals surface area (Å²) in [6.07, 6.45) is 1.99. The highest BCUT2D eigenvalue weighted by Gasteiger charge is 2.33. The molecular formula is C17H25ClN2O4. The van der Waals surface area contributed by atoms with E-state index < -0.39 is 0 Å². The van der Waals surface area contributed by atoms with E-state index in [4.69, 9.17) is 14.2 Å². The Bertz CT molecular complexity index is 556. The molecule has 2 aliphatic rings. The summed E-state index contributed by atoms with van der Waals surface area (Å²) in [5, 5.41) is 6.42. The lowest BCUT2D eigenvalue weighted by Gasteiger charge is -2.37. The zero-order valence-electron chi connectivity index (χ0n) is 13.9. The van der Waals surface area contributed by atoms with E-state index in [0.717, 1.165) is 25.9 Å². The first-order valence-electron chi connectivity index (χ1n) is 8.11. The largest absolute Gasteiger partial charge is 0.486 e. The van der Waals surface area contributed by atoms with Crippen LogP contribution in [0.1, 0.15) is 23.2 Å². The van der Waals surface area contributed by atoms with Crippen LogP contribution in [0.2, 0.25) is 0 Å². The molecule has 2 aliphatic heterocycles. The lowest BCUT2D eigenvalue weighted by Crippen LogP contribution is -2.47. The summed E-state index contributed by atoms with van der Waals surface area (Å²) < 4.78 is 16.5. The van der Waals surface area contributed by atoms with E-state index >= 15 is 0 Å². The molecule has 0 aliphatic carbocycles. The molecule has 1 aromatic rings. The molecule has 0 atom stereocenters. The zero-order chi connectivity index (χ0) is 16.1. The van der Waals surface area contributed by atoms with Crippen LogP contribution in [-0.2, 0) is 4.74 Å². The number of halogens is 1. The Kier molecular flexibility index (Phi) is 6.71. The summed E-state index contributed by atoms with van der Waals surface area (Å²) in [6.45, 7) is 4.15. The molecule has 0 radical (unpaired) electrons. The minimum absolute atomic E-state index is 0. The minimum atomic E-state index is -0.124. The minimum Gasteiger partial charge on any atom is -0.486 e. The second kappa shape index (κ2) is 8.55. The zero-order valence-corrected chi connectivity index (χ0v) is 14.7. The first kappa shape index (κ1) is 18.8. The molecule has 6 nitrogen and oxygen atoms in total. The van der Waals surface area contributed by atoms with Gasteiger partial charge in [-0.25, -0.2) is 0 Å². The maximum absolute atomic E-state index is 12.6. The van der Waals surface area contributed by atoms with Crippen molar-refractivity contribution in [3.05, 3.63) is 23.8 Å². The van der Waals surface area contributed by atoms with Gasteiger partial charge in [-0.3, -0.25) is 4.79 Å². The summed E-state index contributed by atoms with van der Waals surface area (Å²) in [7, 11) is 1.71. The van der Waals surface area contributed by atoms with E-state index in [-0.39, 0.29) is 23.7 Å². The van der Waals surface area contributed by atoms with Crippen LogP contribution in [-0.4, -0.2) is 52.5 Å². The Morgan fingerprint density at radius 1 is 1.29 bits per heavy atom. The quantitative estimate of drug-likeness (QED) is 0.839. The van der Waals surface area contributed by atoms with Gasteiger partial charge in [0.2, 0.25) is 0 Å². The van der Waals surface area contributed by atoms with Crippen LogP contribution >= 0.6 is 12.4 Å². The van der Waals surface area contributed by atoms with Gasteiger partial charge in [0.15, 0.2) is 11.5 Å². The van der Waals surface area contributed by atoms with Crippen molar-refractivity contribution in [1.29, 1.82) is 0 Å². The van der Waals surface area contributed by atoms with Crippen LogP contribution < -0.4 is 20.1 Å². The molecule has 24 heavy (non-hydrogen) atoms. The fraction of sp³-hybridized carbons (Fsp3) is 0.588. The molecule has 2 N–H and O–H groups in total. The molecular weight excluding hydrogens is 332 g/mol. The van der Waals surface area contributed by atoms with E-state index in [9.17, 15) is 4.79 Å². The third kappa shape index (κ3) is 4.12. The normalized spacial score (nSPS) is 18.4. The fourth-order valence-electron chi connectivity index (χ4n) is 3.25. The second-order valence-corrected chi connectivity index (χ2v) is 6.20. The van der Waals surface area contributed by atoms with Crippen LogP contribution in [0.3, 0.4) is 0 Å². The number of para-hydroxylation sites is 1. The summed E-state index contributed by atoms with van der Waals surface area (Å²) in [4.78, 5) is 12.6. The topological polar surface area (TPSA) is 68.8 Å². The predicted octanol–water partition coefficient (Wildman–Crippen LogP) is 1.63. The van der Waals surface area contributed by atoms with Crippen LogP contribution in [0, 0.1) is 5.41 Å². The molecule has 7 heteroatoms. The highest BCUT2D eigenvalue weighted by atomic mass is 35.5. The number of piperidine rings is 1. The number of nitrogens with one attached hydrogen (secondary N) is 2. The summed E-state index contributed by atoms with van der Waals surface area (Å²) in [6, 6.07) is 5.41. The first-order chi connectivity index (χ1) is 11.2. The van der Waals surface area contributed by atoms with Crippen molar-refractivity contribution in [2.75, 3.05) is 46.6 Å². The number of rotatable bonds is 5. The van der Waals surface area contributed by atoms with Gasteiger partial charge in [0.05, 0.1) is 12.2 Å². The fourth-order valence-corrected chi connectivity index (χ4v) is 3.25. The lowest BCUT2D eigenvalue weighted by atomic mass is 9.79. The highest BCUT2D eigenvalue weighted by molar-refractivity contribution is 5.97. The van der Waals surface area contributed by atoms with Crippen molar-refractivity contribution >= 4 is 18.3 Å². The van der Waals surface area contributed by atoms with E-state index in [0.29, 0.717) is 43.4 Å². The van der Waals surface area contributed by atoms with Crippen molar-refractivity contribution in [2.24, 2.45) is 5.41 Å². The molecule has 1 fully saturated rings. The number of carbonyl (C=O) groups is 1. The Labute approximate surface area is 148 Å². The number of fused-ring (bicyclic) bond motifs is 1. The Morgan fingerprint density at radius 3 is 2.79 bits per heavy atom.